The van der Waals surface area contributed by atoms with E-state index in [-0.39, 0.29) is 0 Å². The molecule has 2 unspecified atom stereocenters. The van der Waals surface area contributed by atoms with Crippen LogP contribution in [-0.4, -0.2) is 40.5 Å². The van der Waals surface area contributed by atoms with Crippen molar-refractivity contribution >= 4 is 12.0 Å². The topological polar surface area (TPSA) is 98.7 Å². The van der Waals surface area contributed by atoms with E-state index in [1.54, 1.807) is 5.32 Å². The lowest BCUT2D eigenvalue weighted by atomic mass is 10.1. The highest BCUT2D eigenvalue weighted by molar-refractivity contribution is 5.79. The number of carbonyl (C=O) groups excluding carboxylic acids is 1. The number of carboxylic acids is 1. The predicted octanol–water partition coefficient (Wildman–Crippen LogP) is 1.70. The Morgan fingerprint density at radius 2 is 1.83 bits per heavy atom. The van der Waals surface area contributed by atoms with E-state index < -0.39 is 53.6 Å². The van der Waals surface area contributed by atoms with Gasteiger partial charge in [-0.05, 0) is 13.0 Å². The Morgan fingerprint density at radius 1 is 1.25 bits per heavy atom. The molecule has 2 atom stereocenters. The van der Waals surface area contributed by atoms with Crippen LogP contribution in [0, 0.1) is 11.6 Å². The minimum atomic E-state index is -5.15. The van der Waals surface area contributed by atoms with Crippen molar-refractivity contribution in [2.24, 2.45) is 0 Å². The minimum absolute atomic E-state index is 0.608. The van der Waals surface area contributed by atoms with Gasteiger partial charge in [0.25, 0.3) is 0 Å². The standard InChI is InChI=1S/C13H13F5N2O4/c1-12(24,10(21)22)5-19-11(23)20-9(13(16,17)18)6-3-2-4-7(14)8(6)15/h2-4,9,24H,5H2,1H3,(H,21,22)(H2,19,20,23). The van der Waals surface area contributed by atoms with Crippen LogP contribution in [0.25, 0.3) is 0 Å². The fourth-order valence-corrected chi connectivity index (χ4v) is 1.59. The number of rotatable bonds is 5. The molecular formula is C13H13F5N2O4. The van der Waals surface area contributed by atoms with Crippen LogP contribution in [0.2, 0.25) is 0 Å². The van der Waals surface area contributed by atoms with E-state index in [2.05, 4.69) is 0 Å². The molecule has 0 aliphatic rings. The summed E-state index contributed by atoms with van der Waals surface area (Å²) in [6.07, 6.45) is -5.15. The molecule has 0 fully saturated rings. The Balaban J connectivity index is 2.95. The lowest BCUT2D eigenvalue weighted by Gasteiger charge is -2.24. The third-order valence-corrected chi connectivity index (χ3v) is 2.95. The highest BCUT2D eigenvalue weighted by Crippen LogP contribution is 2.34. The van der Waals surface area contributed by atoms with E-state index in [9.17, 15) is 36.6 Å². The second-order valence-corrected chi connectivity index (χ2v) is 5.02. The summed E-state index contributed by atoms with van der Waals surface area (Å²) in [4.78, 5) is 22.1. The SMILES string of the molecule is CC(O)(CNC(=O)NC(c1cccc(F)c1F)C(F)(F)F)C(=O)O. The van der Waals surface area contributed by atoms with Crippen LogP contribution >= 0.6 is 0 Å². The van der Waals surface area contributed by atoms with Crippen LogP contribution < -0.4 is 10.6 Å². The van der Waals surface area contributed by atoms with E-state index in [1.807, 2.05) is 0 Å². The van der Waals surface area contributed by atoms with Crippen molar-refractivity contribution in [1.82, 2.24) is 10.6 Å². The number of hydrogen-bond acceptors (Lipinski definition) is 3. The highest BCUT2D eigenvalue weighted by atomic mass is 19.4. The molecule has 0 heterocycles. The third kappa shape index (κ3) is 4.78. The molecule has 0 aliphatic carbocycles. The molecule has 0 radical (unpaired) electrons. The lowest BCUT2D eigenvalue weighted by molar-refractivity contribution is -0.157. The van der Waals surface area contributed by atoms with Gasteiger partial charge in [-0.3, -0.25) is 0 Å². The number of benzene rings is 1. The molecule has 0 bridgehead atoms. The van der Waals surface area contributed by atoms with E-state index in [0.29, 0.717) is 12.1 Å². The van der Waals surface area contributed by atoms with E-state index in [0.717, 1.165) is 13.0 Å². The van der Waals surface area contributed by atoms with Gasteiger partial charge in [-0.1, -0.05) is 12.1 Å². The van der Waals surface area contributed by atoms with E-state index >= 15 is 0 Å². The molecular weight excluding hydrogens is 343 g/mol. The molecule has 1 aromatic carbocycles. The van der Waals surface area contributed by atoms with Crippen LogP contribution in [-0.2, 0) is 4.79 Å². The molecule has 0 aromatic heterocycles. The molecule has 1 aromatic rings. The highest BCUT2D eigenvalue weighted by Gasteiger charge is 2.44. The molecule has 6 nitrogen and oxygen atoms in total. The summed E-state index contributed by atoms with van der Waals surface area (Å²) in [7, 11) is 0. The third-order valence-electron chi connectivity index (χ3n) is 2.95. The van der Waals surface area contributed by atoms with Crippen LogP contribution in [0.15, 0.2) is 18.2 Å². The lowest BCUT2D eigenvalue weighted by Crippen LogP contribution is -2.51. The monoisotopic (exact) mass is 356 g/mol. The first-order valence-corrected chi connectivity index (χ1v) is 6.37. The van der Waals surface area contributed by atoms with Gasteiger partial charge in [0.15, 0.2) is 23.3 Å². The van der Waals surface area contributed by atoms with Crippen LogP contribution in [0.1, 0.15) is 18.5 Å². The fraction of sp³-hybridized carbons (Fsp3) is 0.385. The van der Waals surface area contributed by atoms with Gasteiger partial charge in [-0.15, -0.1) is 0 Å². The number of carbonyl (C=O) groups is 2. The Morgan fingerprint density at radius 3 is 2.33 bits per heavy atom. The zero-order chi connectivity index (χ0) is 18.7. The molecule has 0 aliphatic heterocycles. The first-order valence-electron chi connectivity index (χ1n) is 6.37. The van der Waals surface area contributed by atoms with Gasteiger partial charge in [0, 0.05) is 5.56 Å². The van der Waals surface area contributed by atoms with Gasteiger partial charge in [0.2, 0.25) is 0 Å². The normalized spacial score (nSPS) is 15.3. The van der Waals surface area contributed by atoms with Crippen LogP contribution in [0.5, 0.6) is 0 Å². The summed E-state index contributed by atoms with van der Waals surface area (Å²) in [5.74, 6) is -5.03. The van der Waals surface area contributed by atoms with Crippen molar-refractivity contribution in [3.8, 4) is 0 Å². The largest absolute Gasteiger partial charge is 0.479 e. The van der Waals surface area contributed by atoms with Crippen LogP contribution in [0.4, 0.5) is 26.7 Å². The van der Waals surface area contributed by atoms with Gasteiger partial charge in [-0.2, -0.15) is 13.2 Å². The average Bonchev–Trinajstić information content (AvgIpc) is 2.45. The van der Waals surface area contributed by atoms with Gasteiger partial charge in [0.1, 0.15) is 0 Å². The Labute approximate surface area is 132 Å². The molecule has 1 rings (SSSR count). The van der Waals surface area contributed by atoms with E-state index in [1.165, 1.54) is 5.32 Å². The van der Waals surface area contributed by atoms with Crippen molar-refractivity contribution in [3.63, 3.8) is 0 Å². The molecule has 4 N–H and O–H groups in total. The molecule has 134 valence electrons. The first-order chi connectivity index (χ1) is 10.9. The van der Waals surface area contributed by atoms with Crippen molar-refractivity contribution < 1.29 is 41.8 Å². The average molecular weight is 356 g/mol. The molecule has 11 heteroatoms. The number of urea groups is 1. The number of amides is 2. The predicted molar refractivity (Wildman–Crippen MR) is 69.9 cm³/mol. The van der Waals surface area contributed by atoms with Gasteiger partial charge < -0.3 is 20.8 Å². The van der Waals surface area contributed by atoms with Crippen molar-refractivity contribution in [2.45, 2.75) is 24.7 Å². The van der Waals surface area contributed by atoms with Crippen molar-refractivity contribution in [1.29, 1.82) is 0 Å². The Kier molecular flexibility index (Phi) is 5.71. The maximum Gasteiger partial charge on any atom is 0.413 e. The van der Waals surface area contributed by atoms with Crippen molar-refractivity contribution in [3.05, 3.63) is 35.4 Å². The minimum Gasteiger partial charge on any atom is -0.479 e. The van der Waals surface area contributed by atoms with E-state index in [4.69, 9.17) is 5.11 Å². The maximum absolute atomic E-state index is 13.5. The second-order valence-electron chi connectivity index (χ2n) is 5.02. The number of alkyl halides is 3. The number of hydrogen-bond donors (Lipinski definition) is 4. The number of carboxylic acid groups (broad SMARTS) is 1. The summed E-state index contributed by atoms with van der Waals surface area (Å²) in [6, 6.07) is -2.31. The van der Waals surface area contributed by atoms with Gasteiger partial charge in [-0.25, -0.2) is 18.4 Å². The van der Waals surface area contributed by atoms with Gasteiger partial charge >= 0.3 is 18.2 Å². The second kappa shape index (κ2) is 6.99. The van der Waals surface area contributed by atoms with Crippen LogP contribution in [0.3, 0.4) is 0 Å². The first kappa shape index (κ1) is 19.6. The summed E-state index contributed by atoms with van der Waals surface area (Å²) < 4.78 is 65.7. The Bertz CT molecular complexity index is 633. The zero-order valence-corrected chi connectivity index (χ0v) is 12.1. The molecule has 0 spiro atoms. The Hall–Kier alpha value is -2.43. The number of aliphatic carboxylic acids is 1. The van der Waals surface area contributed by atoms with Crippen molar-refractivity contribution in [2.75, 3.05) is 6.54 Å². The number of nitrogens with one attached hydrogen (secondary N) is 2. The quantitative estimate of drug-likeness (QED) is 0.604. The summed E-state index contributed by atoms with van der Waals surface area (Å²) in [6.45, 7) is -0.104. The summed E-state index contributed by atoms with van der Waals surface area (Å²) in [5, 5.41) is 21.1. The summed E-state index contributed by atoms with van der Waals surface area (Å²) in [5.41, 5.74) is -3.57. The molecule has 0 saturated heterocycles. The molecule has 2 amide bonds. The molecule has 0 saturated carbocycles. The number of halogens is 5. The van der Waals surface area contributed by atoms with Gasteiger partial charge in [0.05, 0.1) is 6.54 Å². The maximum atomic E-state index is 13.5. The summed E-state index contributed by atoms with van der Waals surface area (Å²) >= 11 is 0. The number of aliphatic hydroxyl groups is 1. The fourth-order valence-electron chi connectivity index (χ4n) is 1.59. The molecule has 24 heavy (non-hydrogen) atoms. The zero-order valence-electron chi connectivity index (χ0n) is 12.1. The smallest absolute Gasteiger partial charge is 0.413 e.